The summed E-state index contributed by atoms with van der Waals surface area (Å²) in [4.78, 5) is 10.7. The van der Waals surface area contributed by atoms with Gasteiger partial charge < -0.3 is 10.1 Å². The summed E-state index contributed by atoms with van der Waals surface area (Å²) in [5.74, 6) is 1.33. The molecule has 1 spiro atoms. The van der Waals surface area contributed by atoms with Crippen molar-refractivity contribution in [3.05, 3.63) is 48.4 Å². The molecular weight excluding hydrogens is 300 g/mol. The quantitative estimate of drug-likeness (QED) is 0.937. The van der Waals surface area contributed by atoms with Crippen molar-refractivity contribution < 1.29 is 4.74 Å². The maximum atomic E-state index is 5.70. The van der Waals surface area contributed by atoms with Crippen LogP contribution in [0.25, 0.3) is 0 Å². The van der Waals surface area contributed by atoms with Gasteiger partial charge in [0.25, 0.3) is 0 Å². The molecule has 2 aromatic rings. The summed E-state index contributed by atoms with van der Waals surface area (Å²) in [5, 5.41) is 3.48. The molecule has 0 aliphatic carbocycles. The largest absolute Gasteiger partial charge is 0.438 e. The van der Waals surface area contributed by atoms with Crippen LogP contribution in [0, 0.1) is 5.41 Å². The SMILES string of the molecule is c1cnc(Oc2ccc(CN3CCC4(CCNCC4)C3)cc2)cn1. The van der Waals surface area contributed by atoms with E-state index in [1.54, 1.807) is 18.6 Å². The maximum absolute atomic E-state index is 5.70. The smallest absolute Gasteiger partial charge is 0.237 e. The lowest BCUT2D eigenvalue weighted by Crippen LogP contribution is -2.38. The Morgan fingerprint density at radius 1 is 1.08 bits per heavy atom. The first-order valence-electron chi connectivity index (χ1n) is 8.77. The number of likely N-dealkylation sites (tertiary alicyclic amines) is 1. The standard InChI is InChI=1S/C19H24N4O/c1-3-17(24-18-13-21-10-11-22-18)4-2-16(1)14-23-12-7-19(15-23)5-8-20-9-6-19/h1-4,10-11,13,20H,5-9,12,14-15H2. The van der Waals surface area contributed by atoms with Gasteiger partial charge in [0.05, 0.1) is 6.20 Å². The number of ether oxygens (including phenoxy) is 1. The average Bonchev–Trinajstić information content (AvgIpc) is 3.00. The molecule has 2 aliphatic rings. The highest BCUT2D eigenvalue weighted by Crippen LogP contribution is 2.39. The molecule has 2 aliphatic heterocycles. The molecule has 0 bridgehead atoms. The summed E-state index contributed by atoms with van der Waals surface area (Å²) in [6.45, 7) is 5.86. The lowest BCUT2D eigenvalue weighted by Gasteiger charge is -2.33. The van der Waals surface area contributed by atoms with E-state index in [-0.39, 0.29) is 0 Å². The molecule has 1 N–H and O–H groups in total. The number of aromatic nitrogens is 2. The highest BCUT2D eigenvalue weighted by Gasteiger charge is 2.38. The van der Waals surface area contributed by atoms with E-state index >= 15 is 0 Å². The molecule has 1 aromatic carbocycles. The van der Waals surface area contributed by atoms with Crippen LogP contribution >= 0.6 is 0 Å². The molecule has 0 atom stereocenters. The Morgan fingerprint density at radius 3 is 2.67 bits per heavy atom. The van der Waals surface area contributed by atoms with Gasteiger partial charge in [-0.3, -0.25) is 9.88 Å². The van der Waals surface area contributed by atoms with Gasteiger partial charge >= 0.3 is 0 Å². The van der Waals surface area contributed by atoms with Crippen molar-refractivity contribution in [1.82, 2.24) is 20.2 Å². The summed E-state index contributed by atoms with van der Waals surface area (Å²) in [5.41, 5.74) is 1.91. The van der Waals surface area contributed by atoms with E-state index in [4.69, 9.17) is 4.74 Å². The molecular formula is C19H24N4O. The van der Waals surface area contributed by atoms with Crippen LogP contribution in [-0.2, 0) is 6.54 Å². The molecule has 1 aromatic heterocycles. The van der Waals surface area contributed by atoms with E-state index < -0.39 is 0 Å². The molecule has 2 saturated heterocycles. The van der Waals surface area contributed by atoms with E-state index in [1.165, 1.54) is 51.0 Å². The summed E-state index contributed by atoms with van der Waals surface area (Å²) >= 11 is 0. The van der Waals surface area contributed by atoms with Crippen molar-refractivity contribution in [3.63, 3.8) is 0 Å². The Morgan fingerprint density at radius 2 is 1.92 bits per heavy atom. The van der Waals surface area contributed by atoms with Gasteiger partial charge in [-0.1, -0.05) is 12.1 Å². The van der Waals surface area contributed by atoms with Crippen molar-refractivity contribution in [2.45, 2.75) is 25.8 Å². The first kappa shape index (κ1) is 15.5. The van der Waals surface area contributed by atoms with Crippen LogP contribution in [0.15, 0.2) is 42.9 Å². The fraction of sp³-hybridized carbons (Fsp3) is 0.474. The monoisotopic (exact) mass is 324 g/mol. The van der Waals surface area contributed by atoms with Crippen molar-refractivity contribution in [1.29, 1.82) is 0 Å². The van der Waals surface area contributed by atoms with Gasteiger partial charge in [-0.15, -0.1) is 0 Å². The van der Waals surface area contributed by atoms with E-state index in [9.17, 15) is 0 Å². The normalized spacial score (nSPS) is 20.3. The molecule has 24 heavy (non-hydrogen) atoms. The maximum Gasteiger partial charge on any atom is 0.237 e. The number of hydrogen-bond donors (Lipinski definition) is 1. The van der Waals surface area contributed by atoms with Gasteiger partial charge in [0.15, 0.2) is 0 Å². The van der Waals surface area contributed by atoms with Crippen molar-refractivity contribution in [2.75, 3.05) is 26.2 Å². The Balaban J connectivity index is 1.34. The van der Waals surface area contributed by atoms with Crippen molar-refractivity contribution in [3.8, 4) is 11.6 Å². The second-order valence-corrected chi connectivity index (χ2v) is 7.00. The summed E-state index contributed by atoms with van der Waals surface area (Å²) in [7, 11) is 0. The molecule has 5 heteroatoms. The third-order valence-corrected chi connectivity index (χ3v) is 5.27. The van der Waals surface area contributed by atoms with E-state index in [0.29, 0.717) is 11.3 Å². The number of rotatable bonds is 4. The highest BCUT2D eigenvalue weighted by atomic mass is 16.5. The van der Waals surface area contributed by atoms with Gasteiger partial charge in [0, 0.05) is 25.5 Å². The first-order chi connectivity index (χ1) is 11.8. The average molecular weight is 324 g/mol. The van der Waals surface area contributed by atoms with Gasteiger partial charge in [0.2, 0.25) is 5.88 Å². The molecule has 126 valence electrons. The van der Waals surface area contributed by atoms with Crippen LogP contribution in [0.3, 0.4) is 0 Å². The summed E-state index contributed by atoms with van der Waals surface area (Å²) < 4.78 is 5.70. The van der Waals surface area contributed by atoms with Gasteiger partial charge in [0.1, 0.15) is 5.75 Å². The fourth-order valence-electron chi connectivity index (χ4n) is 3.91. The molecule has 4 rings (SSSR count). The number of nitrogens with zero attached hydrogens (tertiary/aromatic N) is 3. The molecule has 0 saturated carbocycles. The predicted octanol–water partition coefficient (Wildman–Crippen LogP) is 2.84. The number of benzene rings is 1. The second-order valence-electron chi connectivity index (χ2n) is 7.00. The topological polar surface area (TPSA) is 50.3 Å². The van der Waals surface area contributed by atoms with Crippen LogP contribution in [0.5, 0.6) is 11.6 Å². The van der Waals surface area contributed by atoms with Gasteiger partial charge in [-0.2, -0.15) is 0 Å². The molecule has 0 amide bonds. The Bertz CT molecular complexity index is 653. The minimum Gasteiger partial charge on any atom is -0.438 e. The van der Waals surface area contributed by atoms with E-state index in [0.717, 1.165) is 12.3 Å². The predicted molar refractivity (Wildman–Crippen MR) is 93.0 cm³/mol. The lowest BCUT2D eigenvalue weighted by atomic mass is 9.78. The number of hydrogen-bond acceptors (Lipinski definition) is 5. The molecule has 2 fully saturated rings. The van der Waals surface area contributed by atoms with E-state index in [2.05, 4.69) is 32.3 Å². The van der Waals surface area contributed by atoms with Crippen LogP contribution in [0.4, 0.5) is 0 Å². The van der Waals surface area contributed by atoms with Crippen LogP contribution in [0.2, 0.25) is 0 Å². The van der Waals surface area contributed by atoms with Gasteiger partial charge in [-0.05, 0) is 62.0 Å². The second kappa shape index (κ2) is 6.87. The van der Waals surface area contributed by atoms with E-state index in [1.807, 2.05) is 12.1 Å². The van der Waals surface area contributed by atoms with Crippen LogP contribution in [-0.4, -0.2) is 41.0 Å². The molecule has 3 heterocycles. The number of nitrogens with one attached hydrogen (secondary N) is 1. The van der Waals surface area contributed by atoms with Crippen LogP contribution in [0.1, 0.15) is 24.8 Å². The Hall–Kier alpha value is -1.98. The fourth-order valence-corrected chi connectivity index (χ4v) is 3.91. The first-order valence-corrected chi connectivity index (χ1v) is 8.77. The highest BCUT2D eigenvalue weighted by molar-refractivity contribution is 5.30. The third kappa shape index (κ3) is 3.57. The zero-order valence-electron chi connectivity index (χ0n) is 13.9. The van der Waals surface area contributed by atoms with Crippen LogP contribution < -0.4 is 10.1 Å². The molecule has 0 radical (unpaired) electrons. The number of piperidine rings is 1. The minimum absolute atomic E-state index is 0.526. The molecule has 5 nitrogen and oxygen atoms in total. The Kier molecular flexibility index (Phi) is 4.45. The summed E-state index contributed by atoms with van der Waals surface area (Å²) in [6.07, 6.45) is 8.90. The van der Waals surface area contributed by atoms with Crippen molar-refractivity contribution in [2.24, 2.45) is 5.41 Å². The molecule has 0 unspecified atom stereocenters. The Labute approximate surface area is 143 Å². The van der Waals surface area contributed by atoms with Gasteiger partial charge in [-0.25, -0.2) is 4.98 Å². The minimum atomic E-state index is 0.526. The summed E-state index contributed by atoms with van der Waals surface area (Å²) in [6, 6.07) is 8.33. The zero-order valence-corrected chi connectivity index (χ0v) is 13.9. The third-order valence-electron chi connectivity index (χ3n) is 5.27. The van der Waals surface area contributed by atoms with Crippen molar-refractivity contribution >= 4 is 0 Å². The lowest BCUT2D eigenvalue weighted by molar-refractivity contribution is 0.194. The zero-order chi connectivity index (χ0) is 16.2.